The largest absolute Gasteiger partial charge is 0.243 e. The molecule has 1 aromatic rings. The van der Waals surface area contributed by atoms with Gasteiger partial charge in [-0.3, -0.25) is 0 Å². The molecule has 0 aliphatic carbocycles. The Morgan fingerprint density at radius 1 is 1.11 bits per heavy atom. The molecule has 1 aliphatic rings. The van der Waals surface area contributed by atoms with Crippen molar-refractivity contribution in [1.29, 1.82) is 0 Å². The van der Waals surface area contributed by atoms with Gasteiger partial charge < -0.3 is 0 Å². The van der Waals surface area contributed by atoms with E-state index in [9.17, 15) is 16.8 Å². The van der Waals surface area contributed by atoms with Gasteiger partial charge in [-0.15, -0.1) is 0 Å². The van der Waals surface area contributed by atoms with E-state index in [-0.39, 0.29) is 29.5 Å². The molecule has 0 aromatic heterocycles. The summed E-state index contributed by atoms with van der Waals surface area (Å²) >= 11 is 0. The van der Waals surface area contributed by atoms with E-state index >= 15 is 0 Å². The summed E-state index contributed by atoms with van der Waals surface area (Å²) < 4.78 is 48.5. The molecule has 0 N–H and O–H groups in total. The van der Waals surface area contributed by atoms with E-state index in [0.717, 1.165) is 12.0 Å². The van der Waals surface area contributed by atoms with Crippen LogP contribution >= 0.6 is 0 Å². The van der Waals surface area contributed by atoms with Crippen LogP contribution in [0.25, 0.3) is 0 Å². The second-order valence-corrected chi connectivity index (χ2v) is 8.79. The number of rotatable bonds is 3. The summed E-state index contributed by atoms with van der Waals surface area (Å²) in [6.45, 7) is 2.08. The number of sulfone groups is 1. The number of nitrogens with zero attached hydrogens (tertiary/aromatic N) is 1. The Kier molecular flexibility index (Phi) is 3.98. The van der Waals surface area contributed by atoms with E-state index < -0.39 is 19.9 Å². The first-order valence-corrected chi connectivity index (χ1v) is 9.41. The maximum atomic E-state index is 12.3. The predicted octanol–water partition coefficient (Wildman–Crippen LogP) is 0.668. The zero-order valence-electron chi connectivity index (χ0n) is 10.7. The molecular formula is C12H17NO4S2. The minimum atomic E-state index is -3.57. The van der Waals surface area contributed by atoms with Crippen molar-refractivity contribution >= 4 is 19.9 Å². The van der Waals surface area contributed by atoms with Gasteiger partial charge in [0.1, 0.15) is 0 Å². The lowest BCUT2D eigenvalue weighted by molar-refractivity contribution is 0.431. The van der Waals surface area contributed by atoms with Crippen LogP contribution in [0.4, 0.5) is 0 Å². The van der Waals surface area contributed by atoms with Gasteiger partial charge in [0.25, 0.3) is 0 Å². The molecule has 19 heavy (non-hydrogen) atoms. The fraction of sp³-hybridized carbons (Fsp3) is 0.500. The van der Waals surface area contributed by atoms with Gasteiger partial charge in [-0.05, 0) is 24.1 Å². The fourth-order valence-electron chi connectivity index (χ4n) is 1.98. The van der Waals surface area contributed by atoms with Crippen molar-refractivity contribution in [1.82, 2.24) is 4.31 Å². The van der Waals surface area contributed by atoms with Crippen molar-refractivity contribution < 1.29 is 16.8 Å². The van der Waals surface area contributed by atoms with Crippen LogP contribution < -0.4 is 0 Å². The molecule has 0 amide bonds. The van der Waals surface area contributed by atoms with Crippen LogP contribution in [-0.4, -0.2) is 45.7 Å². The summed E-state index contributed by atoms with van der Waals surface area (Å²) in [5.74, 6) is -0.196. The number of benzene rings is 1. The molecule has 5 nitrogen and oxygen atoms in total. The highest BCUT2D eigenvalue weighted by atomic mass is 32.2. The molecule has 0 radical (unpaired) electrons. The lowest BCUT2D eigenvalue weighted by atomic mass is 10.2. The Bertz CT molecular complexity index is 633. The fourth-order valence-corrected chi connectivity index (χ4v) is 4.86. The van der Waals surface area contributed by atoms with Crippen molar-refractivity contribution in [2.45, 2.75) is 18.2 Å². The summed E-state index contributed by atoms with van der Waals surface area (Å²) in [4.78, 5) is 0.226. The van der Waals surface area contributed by atoms with Crippen LogP contribution in [0.1, 0.15) is 12.5 Å². The van der Waals surface area contributed by atoms with Crippen LogP contribution in [0.3, 0.4) is 0 Å². The van der Waals surface area contributed by atoms with Crippen molar-refractivity contribution in [3.8, 4) is 0 Å². The van der Waals surface area contributed by atoms with E-state index in [1.807, 2.05) is 6.92 Å². The monoisotopic (exact) mass is 303 g/mol. The molecule has 1 aliphatic heterocycles. The molecule has 106 valence electrons. The maximum Gasteiger partial charge on any atom is 0.243 e. The highest BCUT2D eigenvalue weighted by Crippen LogP contribution is 2.19. The van der Waals surface area contributed by atoms with Crippen molar-refractivity contribution in [2.24, 2.45) is 0 Å². The van der Waals surface area contributed by atoms with Gasteiger partial charge in [0, 0.05) is 13.1 Å². The third-order valence-electron chi connectivity index (χ3n) is 3.27. The van der Waals surface area contributed by atoms with E-state index in [1.54, 1.807) is 24.3 Å². The summed E-state index contributed by atoms with van der Waals surface area (Å²) in [7, 11) is -6.64. The first-order chi connectivity index (χ1) is 8.85. The maximum absolute atomic E-state index is 12.3. The van der Waals surface area contributed by atoms with Gasteiger partial charge in [-0.2, -0.15) is 4.31 Å². The van der Waals surface area contributed by atoms with E-state index in [4.69, 9.17) is 0 Å². The number of hydrogen-bond donors (Lipinski definition) is 0. The van der Waals surface area contributed by atoms with Crippen LogP contribution in [0, 0.1) is 0 Å². The molecule has 1 heterocycles. The third-order valence-corrected chi connectivity index (χ3v) is 6.79. The summed E-state index contributed by atoms with van der Waals surface area (Å²) in [6, 6.07) is 6.73. The molecule has 1 saturated heterocycles. The average molecular weight is 303 g/mol. The zero-order chi connectivity index (χ0) is 14.1. The van der Waals surface area contributed by atoms with Crippen molar-refractivity contribution in [3.05, 3.63) is 29.8 Å². The van der Waals surface area contributed by atoms with Gasteiger partial charge in [-0.1, -0.05) is 19.1 Å². The molecule has 1 fully saturated rings. The van der Waals surface area contributed by atoms with Crippen LogP contribution in [0.15, 0.2) is 29.2 Å². The Labute approximate surface area is 114 Å². The second-order valence-electron chi connectivity index (χ2n) is 4.55. The van der Waals surface area contributed by atoms with Crippen LogP contribution in [0.5, 0.6) is 0 Å². The molecule has 0 spiro atoms. The Morgan fingerprint density at radius 3 is 2.11 bits per heavy atom. The van der Waals surface area contributed by atoms with Crippen LogP contribution in [-0.2, 0) is 26.3 Å². The first-order valence-electron chi connectivity index (χ1n) is 6.15. The number of aryl methyl sites for hydroxylation is 1. The summed E-state index contributed by atoms with van der Waals surface area (Å²) in [6.07, 6.45) is 0.849. The van der Waals surface area contributed by atoms with Gasteiger partial charge in [0.2, 0.25) is 10.0 Å². The third kappa shape index (κ3) is 3.16. The second kappa shape index (κ2) is 5.22. The summed E-state index contributed by atoms with van der Waals surface area (Å²) in [5.41, 5.74) is 1.07. The van der Waals surface area contributed by atoms with E-state index in [1.165, 1.54) is 4.31 Å². The molecule has 1 aromatic carbocycles. The van der Waals surface area contributed by atoms with Crippen molar-refractivity contribution in [2.75, 3.05) is 24.6 Å². The lowest BCUT2D eigenvalue weighted by Gasteiger charge is -2.25. The molecule has 2 rings (SSSR count). The number of hydrogen-bond acceptors (Lipinski definition) is 4. The normalized spacial score (nSPS) is 20.3. The average Bonchev–Trinajstić information content (AvgIpc) is 2.38. The van der Waals surface area contributed by atoms with Gasteiger partial charge in [0.15, 0.2) is 9.84 Å². The quantitative estimate of drug-likeness (QED) is 0.823. The molecule has 7 heteroatoms. The smallest absolute Gasteiger partial charge is 0.229 e. The molecule has 0 saturated carbocycles. The van der Waals surface area contributed by atoms with E-state index in [2.05, 4.69) is 0 Å². The summed E-state index contributed by atoms with van der Waals surface area (Å²) in [5, 5.41) is 0. The van der Waals surface area contributed by atoms with Gasteiger partial charge in [0.05, 0.1) is 16.4 Å². The zero-order valence-corrected chi connectivity index (χ0v) is 12.4. The molecular weight excluding hydrogens is 286 g/mol. The predicted molar refractivity (Wildman–Crippen MR) is 73.2 cm³/mol. The van der Waals surface area contributed by atoms with E-state index in [0.29, 0.717) is 0 Å². The Hall–Kier alpha value is -0.920. The Balaban J connectivity index is 2.22. The minimum Gasteiger partial charge on any atom is -0.229 e. The highest BCUT2D eigenvalue weighted by Gasteiger charge is 2.30. The molecule has 0 bridgehead atoms. The Morgan fingerprint density at radius 2 is 1.63 bits per heavy atom. The standard InChI is InChI=1S/C12H17NO4S2/c1-2-11-3-5-12(6-4-11)19(16,17)13-7-9-18(14,15)10-8-13/h3-6H,2,7-10H2,1H3. The first kappa shape index (κ1) is 14.5. The van der Waals surface area contributed by atoms with Gasteiger partial charge in [-0.25, -0.2) is 16.8 Å². The SMILES string of the molecule is CCc1ccc(S(=O)(=O)N2CCS(=O)(=O)CC2)cc1. The molecule has 0 unspecified atom stereocenters. The number of sulfonamides is 1. The van der Waals surface area contributed by atoms with Crippen molar-refractivity contribution in [3.63, 3.8) is 0 Å². The minimum absolute atomic E-state index is 0.0419. The highest BCUT2D eigenvalue weighted by molar-refractivity contribution is 7.92. The van der Waals surface area contributed by atoms with Crippen LogP contribution in [0.2, 0.25) is 0 Å². The lowest BCUT2D eigenvalue weighted by Crippen LogP contribution is -2.43. The van der Waals surface area contributed by atoms with Gasteiger partial charge >= 0.3 is 0 Å². The topological polar surface area (TPSA) is 71.5 Å². The molecule has 0 atom stereocenters.